The summed E-state index contributed by atoms with van der Waals surface area (Å²) in [6.45, 7) is 0. The lowest BCUT2D eigenvalue weighted by Crippen LogP contribution is -1.98. The molecule has 0 atom stereocenters. The normalized spacial score (nSPS) is 5.62. The van der Waals surface area contributed by atoms with E-state index in [4.69, 9.17) is 19.8 Å². The highest BCUT2D eigenvalue weighted by Gasteiger charge is 1.70. The van der Waals surface area contributed by atoms with Crippen molar-refractivity contribution >= 4 is 12.6 Å². The molecule has 0 aromatic carbocycles. The summed E-state index contributed by atoms with van der Waals surface area (Å²) in [5, 5.41) is 16.2. The van der Waals surface area contributed by atoms with Crippen LogP contribution in [0, 0.1) is 0 Å². The van der Waals surface area contributed by atoms with Crippen LogP contribution in [0.3, 0.4) is 0 Å². The largest absolute Gasteiger partial charge is 0.503 e. The number of nitrogens with one attached hydrogen (secondary N) is 1. The molecule has 5 heteroatoms. The first-order valence-electron chi connectivity index (χ1n) is 1.68. The summed E-state index contributed by atoms with van der Waals surface area (Å²) in [5.41, 5.74) is 0. The van der Waals surface area contributed by atoms with Crippen molar-refractivity contribution in [1.82, 2.24) is 5.32 Å². The quantitative estimate of drug-likeness (QED) is 0.411. The van der Waals surface area contributed by atoms with Gasteiger partial charge in [0.2, 0.25) is 6.41 Å². The van der Waals surface area contributed by atoms with Crippen LogP contribution >= 0.6 is 0 Å². The molecular weight excluding hydrogens is 114 g/mol. The van der Waals surface area contributed by atoms with Gasteiger partial charge in [-0.15, -0.1) is 0 Å². The summed E-state index contributed by atoms with van der Waals surface area (Å²) < 4.78 is 0. The standard InChI is InChI=1S/C2H5NO.CH2O3/c1-3-2-4;2-1(3)4/h2H,1H3,(H,3,4);(H2,2,3,4). The zero-order chi connectivity index (χ0) is 6.99. The van der Waals surface area contributed by atoms with E-state index < -0.39 is 6.16 Å². The van der Waals surface area contributed by atoms with Gasteiger partial charge in [0, 0.05) is 7.05 Å². The van der Waals surface area contributed by atoms with Crippen LogP contribution in [0.15, 0.2) is 0 Å². The van der Waals surface area contributed by atoms with Crippen molar-refractivity contribution in [3.63, 3.8) is 0 Å². The Bertz CT molecular complexity index is 67.7. The topological polar surface area (TPSA) is 86.6 Å². The Labute approximate surface area is 45.9 Å². The second-order valence-corrected chi connectivity index (χ2v) is 0.689. The molecule has 0 heterocycles. The molecule has 0 aromatic heterocycles. The van der Waals surface area contributed by atoms with Gasteiger partial charge in [-0.05, 0) is 0 Å². The fourth-order valence-electron chi connectivity index (χ4n) is 0. The van der Waals surface area contributed by atoms with Gasteiger partial charge in [0.15, 0.2) is 0 Å². The van der Waals surface area contributed by atoms with Crippen LogP contribution in [0.25, 0.3) is 0 Å². The maximum absolute atomic E-state index is 9.06. The lowest BCUT2D eigenvalue weighted by Gasteiger charge is -1.64. The van der Waals surface area contributed by atoms with Crippen LogP contribution in [-0.4, -0.2) is 29.8 Å². The fourth-order valence-corrected chi connectivity index (χ4v) is 0. The molecule has 0 radical (unpaired) electrons. The van der Waals surface area contributed by atoms with Gasteiger partial charge >= 0.3 is 6.16 Å². The number of hydrogen-bond acceptors (Lipinski definition) is 2. The summed E-state index contributed by atoms with van der Waals surface area (Å²) in [6.07, 6.45) is -1.21. The number of rotatable bonds is 1. The van der Waals surface area contributed by atoms with Crippen molar-refractivity contribution < 1.29 is 19.8 Å². The Balaban J connectivity index is 0. The van der Waals surface area contributed by atoms with E-state index in [9.17, 15) is 0 Å². The summed E-state index contributed by atoms with van der Waals surface area (Å²) in [5.74, 6) is 0. The predicted molar refractivity (Wildman–Crippen MR) is 25.8 cm³/mol. The highest BCUT2D eigenvalue weighted by Crippen LogP contribution is 1.42. The molecule has 0 saturated carbocycles. The molecule has 0 spiro atoms. The Morgan fingerprint density at radius 3 is 1.75 bits per heavy atom. The number of carbonyl (C=O) groups excluding carboxylic acids is 1. The van der Waals surface area contributed by atoms with Crippen molar-refractivity contribution in [1.29, 1.82) is 0 Å². The lowest BCUT2D eigenvalue weighted by atomic mass is 11.2. The van der Waals surface area contributed by atoms with Crippen molar-refractivity contribution in [2.24, 2.45) is 0 Å². The van der Waals surface area contributed by atoms with Crippen LogP contribution in [0.1, 0.15) is 0 Å². The molecular formula is C3H7NO4. The summed E-state index contributed by atoms with van der Waals surface area (Å²) in [4.78, 5) is 17.6. The van der Waals surface area contributed by atoms with Gasteiger partial charge in [0.1, 0.15) is 0 Å². The van der Waals surface area contributed by atoms with E-state index in [0.29, 0.717) is 6.41 Å². The lowest BCUT2D eigenvalue weighted by molar-refractivity contribution is -0.109. The first-order chi connectivity index (χ1) is 3.65. The van der Waals surface area contributed by atoms with Crippen molar-refractivity contribution in [3.05, 3.63) is 0 Å². The number of amides is 1. The maximum Gasteiger partial charge on any atom is 0.503 e. The van der Waals surface area contributed by atoms with Gasteiger partial charge in [-0.3, -0.25) is 4.79 Å². The molecule has 1 amide bonds. The molecule has 0 aliphatic carbocycles. The van der Waals surface area contributed by atoms with Crippen LogP contribution in [0.4, 0.5) is 4.79 Å². The van der Waals surface area contributed by atoms with E-state index in [-0.39, 0.29) is 0 Å². The van der Waals surface area contributed by atoms with E-state index >= 15 is 0 Å². The SMILES string of the molecule is CNC=O.O=C(O)O. The molecule has 0 aromatic rings. The average molecular weight is 121 g/mol. The van der Waals surface area contributed by atoms with Crippen LogP contribution in [0.5, 0.6) is 0 Å². The zero-order valence-corrected chi connectivity index (χ0v) is 4.29. The van der Waals surface area contributed by atoms with E-state index in [1.807, 2.05) is 0 Å². The third kappa shape index (κ3) is 981. The zero-order valence-electron chi connectivity index (χ0n) is 4.29. The van der Waals surface area contributed by atoms with Gasteiger partial charge in [-0.1, -0.05) is 0 Å². The second-order valence-electron chi connectivity index (χ2n) is 0.689. The van der Waals surface area contributed by atoms with Gasteiger partial charge in [-0.25, -0.2) is 4.79 Å². The molecule has 48 valence electrons. The molecule has 0 saturated heterocycles. The second kappa shape index (κ2) is 9.22. The minimum atomic E-state index is -1.83. The Morgan fingerprint density at radius 2 is 1.75 bits per heavy atom. The molecule has 0 fully saturated rings. The van der Waals surface area contributed by atoms with E-state index in [2.05, 4.69) is 5.32 Å². The van der Waals surface area contributed by atoms with Crippen molar-refractivity contribution in [2.45, 2.75) is 0 Å². The number of hydrogen-bond donors (Lipinski definition) is 3. The fraction of sp³-hybridized carbons (Fsp3) is 0.333. The third-order valence-electron chi connectivity index (χ3n) is 0.118. The van der Waals surface area contributed by atoms with E-state index in [1.165, 1.54) is 0 Å². The minimum absolute atomic E-state index is 0.625. The molecule has 0 aliphatic heterocycles. The Kier molecular flexibility index (Phi) is 11.4. The molecule has 0 aliphatic rings. The predicted octanol–water partition coefficient (Wildman–Crippen LogP) is -0.415. The van der Waals surface area contributed by atoms with Crippen molar-refractivity contribution in [3.8, 4) is 0 Å². The Hall–Kier alpha value is -1.26. The minimum Gasteiger partial charge on any atom is -0.450 e. The molecule has 0 unspecified atom stereocenters. The number of carbonyl (C=O) groups is 2. The monoisotopic (exact) mass is 121 g/mol. The Morgan fingerprint density at radius 1 is 1.62 bits per heavy atom. The van der Waals surface area contributed by atoms with Gasteiger partial charge in [0.05, 0.1) is 0 Å². The highest BCUT2D eigenvalue weighted by molar-refractivity contribution is 5.53. The van der Waals surface area contributed by atoms with Crippen LogP contribution in [0.2, 0.25) is 0 Å². The smallest absolute Gasteiger partial charge is 0.450 e. The van der Waals surface area contributed by atoms with Gasteiger partial charge in [0.25, 0.3) is 0 Å². The van der Waals surface area contributed by atoms with Gasteiger partial charge < -0.3 is 15.5 Å². The summed E-state index contributed by atoms with van der Waals surface area (Å²) >= 11 is 0. The van der Waals surface area contributed by atoms with Crippen LogP contribution < -0.4 is 5.32 Å². The summed E-state index contributed by atoms with van der Waals surface area (Å²) in [7, 11) is 1.56. The van der Waals surface area contributed by atoms with E-state index in [0.717, 1.165) is 0 Å². The molecule has 0 rings (SSSR count). The maximum atomic E-state index is 9.06. The first-order valence-corrected chi connectivity index (χ1v) is 1.68. The van der Waals surface area contributed by atoms with Gasteiger partial charge in [-0.2, -0.15) is 0 Å². The first kappa shape index (κ1) is 9.88. The summed E-state index contributed by atoms with van der Waals surface area (Å²) in [6, 6.07) is 0. The highest BCUT2D eigenvalue weighted by atomic mass is 16.6. The molecule has 3 N–H and O–H groups in total. The van der Waals surface area contributed by atoms with Crippen molar-refractivity contribution in [2.75, 3.05) is 7.05 Å². The molecule has 0 bridgehead atoms. The third-order valence-corrected chi connectivity index (χ3v) is 0.118. The number of carboxylic acid groups (broad SMARTS) is 2. The average Bonchev–Trinajstić information content (AvgIpc) is 1.65. The van der Waals surface area contributed by atoms with Crippen LogP contribution in [-0.2, 0) is 4.79 Å². The molecule has 5 nitrogen and oxygen atoms in total. The van der Waals surface area contributed by atoms with E-state index in [1.54, 1.807) is 7.05 Å². The molecule has 8 heavy (non-hydrogen) atoms.